The van der Waals surface area contributed by atoms with E-state index in [1.54, 1.807) is 0 Å². The minimum absolute atomic E-state index is 0.0104. The third-order valence-electron chi connectivity index (χ3n) is 3.25. The van der Waals surface area contributed by atoms with Gasteiger partial charge in [0.2, 0.25) is 5.82 Å². The lowest BCUT2D eigenvalue weighted by Gasteiger charge is -2.26. The van der Waals surface area contributed by atoms with Crippen LogP contribution in [0.3, 0.4) is 0 Å². The van der Waals surface area contributed by atoms with Crippen molar-refractivity contribution in [2.45, 2.75) is 38.8 Å². The molecule has 0 aliphatic carbocycles. The average Bonchev–Trinajstić information content (AvgIpc) is 2.86. The molecule has 1 N–H and O–H groups in total. The molecule has 0 atom stereocenters. The van der Waals surface area contributed by atoms with Crippen molar-refractivity contribution in [2.75, 3.05) is 13.1 Å². The molecule has 0 unspecified atom stereocenters. The van der Waals surface area contributed by atoms with Crippen LogP contribution in [0.4, 0.5) is 13.2 Å². The predicted molar refractivity (Wildman–Crippen MR) is 69.7 cm³/mol. The van der Waals surface area contributed by atoms with E-state index in [9.17, 15) is 18.0 Å². The van der Waals surface area contributed by atoms with Crippen LogP contribution in [0.5, 0.6) is 0 Å². The zero-order valence-electron chi connectivity index (χ0n) is 12.1. The van der Waals surface area contributed by atoms with Crippen molar-refractivity contribution >= 4 is 5.91 Å². The summed E-state index contributed by atoms with van der Waals surface area (Å²) in [7, 11) is 0. The maximum atomic E-state index is 12.5. The van der Waals surface area contributed by atoms with Crippen LogP contribution in [-0.2, 0) is 5.41 Å². The Kier molecular flexibility index (Phi) is 3.81. The molecule has 0 saturated heterocycles. The van der Waals surface area contributed by atoms with E-state index in [1.807, 2.05) is 20.8 Å². The molecular formula is C13H17F3N4O. The third kappa shape index (κ3) is 3.43. The Labute approximate surface area is 120 Å². The Bertz CT molecular complexity index is 569. The zero-order chi connectivity index (χ0) is 15.8. The van der Waals surface area contributed by atoms with E-state index in [0.717, 1.165) is 6.08 Å². The number of alkyl halides is 3. The molecule has 0 saturated carbocycles. The number of hydrogen-bond acceptors (Lipinski definition) is 3. The average molecular weight is 302 g/mol. The first-order valence-corrected chi connectivity index (χ1v) is 6.57. The molecule has 8 heteroatoms. The van der Waals surface area contributed by atoms with Gasteiger partial charge in [0, 0.05) is 24.1 Å². The summed E-state index contributed by atoms with van der Waals surface area (Å²) in [6.07, 6.45) is -3.48. The van der Waals surface area contributed by atoms with E-state index in [-0.39, 0.29) is 30.7 Å². The maximum absolute atomic E-state index is 12.5. The van der Waals surface area contributed by atoms with Crippen LogP contribution >= 0.6 is 0 Å². The second-order valence-electron chi connectivity index (χ2n) is 5.99. The normalized spacial score (nSPS) is 16.9. The summed E-state index contributed by atoms with van der Waals surface area (Å²) in [5.74, 6) is 0.0948. The minimum atomic E-state index is -4.32. The first kappa shape index (κ1) is 15.5. The van der Waals surface area contributed by atoms with Gasteiger partial charge in [0.05, 0.1) is 0 Å². The Morgan fingerprint density at radius 2 is 2.00 bits per heavy atom. The Balaban J connectivity index is 2.09. The van der Waals surface area contributed by atoms with Crippen molar-refractivity contribution in [3.8, 4) is 0 Å². The van der Waals surface area contributed by atoms with Crippen LogP contribution in [-0.4, -0.2) is 45.3 Å². The lowest BCUT2D eigenvalue weighted by Crippen LogP contribution is -2.37. The van der Waals surface area contributed by atoms with Gasteiger partial charge < -0.3 is 4.90 Å². The van der Waals surface area contributed by atoms with Crippen LogP contribution < -0.4 is 0 Å². The molecule has 0 bridgehead atoms. The van der Waals surface area contributed by atoms with Crippen LogP contribution in [0.1, 0.15) is 43.6 Å². The lowest BCUT2D eigenvalue weighted by molar-refractivity contribution is -0.0957. The van der Waals surface area contributed by atoms with Crippen molar-refractivity contribution < 1.29 is 18.0 Å². The van der Waals surface area contributed by atoms with E-state index in [2.05, 4.69) is 15.2 Å². The third-order valence-corrected chi connectivity index (χ3v) is 3.25. The molecule has 0 radical (unpaired) electrons. The monoisotopic (exact) mass is 302 g/mol. The van der Waals surface area contributed by atoms with Crippen molar-refractivity contribution in [2.24, 2.45) is 0 Å². The molecule has 0 spiro atoms. The Morgan fingerprint density at radius 1 is 1.33 bits per heavy atom. The molecule has 1 aromatic rings. The van der Waals surface area contributed by atoms with Gasteiger partial charge in [0.1, 0.15) is 5.82 Å². The summed E-state index contributed by atoms with van der Waals surface area (Å²) in [5.41, 5.74) is -0.867. The second kappa shape index (κ2) is 5.16. The molecule has 21 heavy (non-hydrogen) atoms. The maximum Gasteiger partial charge on any atom is 0.412 e. The van der Waals surface area contributed by atoms with Crippen LogP contribution in [0, 0.1) is 0 Å². The van der Waals surface area contributed by atoms with Crippen molar-refractivity contribution in [3.05, 3.63) is 23.3 Å². The van der Waals surface area contributed by atoms with E-state index in [0.29, 0.717) is 5.82 Å². The molecule has 1 amide bonds. The molecule has 2 rings (SSSR count). The number of carbonyl (C=O) groups excluding carboxylic acids is 1. The standard InChI is InChI=1S/C13H17F3N4O/c1-12(2,3)11-17-9(18-19-11)10(21)20-6-4-8(5-7-20)13(14,15)16/h4H,5-7H2,1-3H3,(H,17,18,19). The summed E-state index contributed by atoms with van der Waals surface area (Å²) >= 11 is 0. The number of hydrogen-bond donors (Lipinski definition) is 1. The van der Waals surface area contributed by atoms with Gasteiger partial charge in [-0.2, -0.15) is 13.2 Å². The van der Waals surface area contributed by atoms with E-state index in [1.165, 1.54) is 4.90 Å². The molecule has 5 nitrogen and oxygen atoms in total. The summed E-state index contributed by atoms with van der Waals surface area (Å²) in [5, 5.41) is 6.55. The molecule has 116 valence electrons. The molecular weight excluding hydrogens is 285 g/mol. The summed E-state index contributed by atoms with van der Waals surface area (Å²) < 4.78 is 37.6. The minimum Gasteiger partial charge on any atom is -0.332 e. The number of carbonyl (C=O) groups is 1. The number of H-pyrrole nitrogens is 1. The summed E-state index contributed by atoms with van der Waals surface area (Å²) in [6, 6.07) is 0. The van der Waals surface area contributed by atoms with Crippen molar-refractivity contribution in [1.82, 2.24) is 20.1 Å². The number of rotatable bonds is 1. The molecule has 0 fully saturated rings. The number of halogens is 3. The highest BCUT2D eigenvalue weighted by Crippen LogP contribution is 2.30. The molecule has 0 aromatic carbocycles. The fraction of sp³-hybridized carbons (Fsp3) is 0.615. The summed E-state index contributed by atoms with van der Waals surface area (Å²) in [4.78, 5) is 17.6. The first-order valence-electron chi connectivity index (χ1n) is 6.57. The van der Waals surface area contributed by atoms with Gasteiger partial charge >= 0.3 is 6.18 Å². The van der Waals surface area contributed by atoms with Gasteiger partial charge in [-0.05, 0) is 6.42 Å². The van der Waals surface area contributed by atoms with E-state index in [4.69, 9.17) is 0 Å². The lowest BCUT2D eigenvalue weighted by atomic mass is 9.96. The Morgan fingerprint density at radius 3 is 2.43 bits per heavy atom. The first-order chi connectivity index (χ1) is 9.59. The number of aromatic amines is 1. The smallest absolute Gasteiger partial charge is 0.332 e. The molecule has 1 aromatic heterocycles. The van der Waals surface area contributed by atoms with Crippen molar-refractivity contribution in [3.63, 3.8) is 0 Å². The van der Waals surface area contributed by atoms with Gasteiger partial charge in [-0.25, -0.2) is 4.98 Å². The quantitative estimate of drug-likeness (QED) is 0.811. The number of amides is 1. The highest BCUT2D eigenvalue weighted by atomic mass is 19.4. The topological polar surface area (TPSA) is 61.9 Å². The van der Waals surface area contributed by atoms with E-state index >= 15 is 0 Å². The predicted octanol–water partition coefficient (Wildman–Crippen LogP) is 2.44. The van der Waals surface area contributed by atoms with Crippen molar-refractivity contribution in [1.29, 1.82) is 0 Å². The molecule has 1 aliphatic heterocycles. The van der Waals surface area contributed by atoms with Gasteiger partial charge in [0.15, 0.2) is 0 Å². The highest BCUT2D eigenvalue weighted by molar-refractivity contribution is 5.90. The molecule has 1 aliphatic rings. The number of nitrogens with one attached hydrogen (secondary N) is 1. The van der Waals surface area contributed by atoms with Gasteiger partial charge in [-0.1, -0.05) is 26.8 Å². The number of aromatic nitrogens is 3. The van der Waals surface area contributed by atoms with Gasteiger partial charge in [-0.3, -0.25) is 9.89 Å². The fourth-order valence-corrected chi connectivity index (χ4v) is 1.95. The largest absolute Gasteiger partial charge is 0.412 e. The Hall–Kier alpha value is -1.86. The SMILES string of the molecule is CC(C)(C)c1nc(C(=O)N2CC=C(C(F)(F)F)CC2)n[nH]1. The van der Waals surface area contributed by atoms with Gasteiger partial charge in [0.25, 0.3) is 5.91 Å². The zero-order valence-corrected chi connectivity index (χ0v) is 12.1. The van der Waals surface area contributed by atoms with Gasteiger partial charge in [-0.15, -0.1) is 5.10 Å². The van der Waals surface area contributed by atoms with Crippen LogP contribution in [0.25, 0.3) is 0 Å². The second-order valence-corrected chi connectivity index (χ2v) is 5.99. The van der Waals surface area contributed by atoms with Crippen LogP contribution in [0.15, 0.2) is 11.6 Å². The van der Waals surface area contributed by atoms with Crippen LogP contribution in [0.2, 0.25) is 0 Å². The van der Waals surface area contributed by atoms with E-state index < -0.39 is 17.7 Å². The fourth-order valence-electron chi connectivity index (χ4n) is 1.95. The molecule has 2 heterocycles. The highest BCUT2D eigenvalue weighted by Gasteiger charge is 2.36. The summed E-state index contributed by atoms with van der Waals surface area (Å²) in [6.45, 7) is 5.69. The number of nitrogens with zero attached hydrogens (tertiary/aromatic N) is 3.